The number of nitrogens with zero attached hydrogens (tertiary/aromatic N) is 2. The zero-order valence-electron chi connectivity index (χ0n) is 13.8. The van der Waals surface area contributed by atoms with E-state index in [2.05, 4.69) is 0 Å². The van der Waals surface area contributed by atoms with Crippen molar-refractivity contribution in [3.05, 3.63) is 51.5 Å². The van der Waals surface area contributed by atoms with E-state index in [0.29, 0.717) is 16.5 Å². The second kappa shape index (κ2) is 9.54. The molecular formula is C18H15Cl3N2O3. The molecule has 0 heterocycles. The average molecular weight is 414 g/mol. The van der Waals surface area contributed by atoms with Crippen molar-refractivity contribution in [2.75, 3.05) is 25.2 Å². The molecule has 2 aromatic carbocycles. The van der Waals surface area contributed by atoms with Crippen molar-refractivity contribution in [3.8, 4) is 17.6 Å². The van der Waals surface area contributed by atoms with Crippen LogP contribution in [-0.2, 0) is 4.79 Å². The summed E-state index contributed by atoms with van der Waals surface area (Å²) in [5.41, 5.74) is 0.555. The molecule has 0 unspecified atom stereocenters. The van der Waals surface area contributed by atoms with Crippen molar-refractivity contribution in [2.24, 2.45) is 0 Å². The van der Waals surface area contributed by atoms with Gasteiger partial charge in [-0.1, -0.05) is 46.9 Å². The number of halogens is 3. The summed E-state index contributed by atoms with van der Waals surface area (Å²) in [6, 6.07) is 12.0. The molecule has 136 valence electrons. The minimum Gasteiger partial charge on any atom is -0.495 e. The molecule has 5 nitrogen and oxygen atoms in total. The SMILES string of the molecule is COc1ccccc1N(CCC#N)C(=O)COc1cc(Cl)c(Cl)cc1Cl. The van der Waals surface area contributed by atoms with Crippen LogP contribution < -0.4 is 14.4 Å². The minimum absolute atomic E-state index is 0.164. The quantitative estimate of drug-likeness (QED) is 0.600. The molecule has 8 heteroatoms. The van der Waals surface area contributed by atoms with E-state index in [-0.39, 0.29) is 41.3 Å². The number of carbonyl (C=O) groups is 1. The predicted molar refractivity (Wildman–Crippen MR) is 103 cm³/mol. The molecule has 0 N–H and O–H groups in total. The summed E-state index contributed by atoms with van der Waals surface area (Å²) >= 11 is 17.9. The molecule has 0 radical (unpaired) electrons. The number of ether oxygens (including phenoxy) is 2. The van der Waals surface area contributed by atoms with Gasteiger partial charge < -0.3 is 14.4 Å². The number of rotatable bonds is 7. The van der Waals surface area contributed by atoms with Gasteiger partial charge in [-0.3, -0.25) is 4.79 Å². The molecule has 0 aromatic heterocycles. The van der Waals surface area contributed by atoms with Gasteiger partial charge in [-0.15, -0.1) is 0 Å². The smallest absolute Gasteiger partial charge is 0.265 e. The zero-order valence-corrected chi connectivity index (χ0v) is 16.1. The maximum atomic E-state index is 12.7. The van der Waals surface area contributed by atoms with Gasteiger partial charge in [0.1, 0.15) is 11.5 Å². The Balaban J connectivity index is 2.20. The van der Waals surface area contributed by atoms with Crippen molar-refractivity contribution < 1.29 is 14.3 Å². The molecule has 0 saturated heterocycles. The fourth-order valence-corrected chi connectivity index (χ4v) is 2.82. The summed E-state index contributed by atoms with van der Waals surface area (Å²) < 4.78 is 10.8. The zero-order chi connectivity index (χ0) is 19.1. The van der Waals surface area contributed by atoms with Crippen LogP contribution in [0, 0.1) is 11.3 Å². The normalized spacial score (nSPS) is 10.1. The Morgan fingerprint density at radius 2 is 1.81 bits per heavy atom. The van der Waals surface area contributed by atoms with E-state index >= 15 is 0 Å². The van der Waals surface area contributed by atoms with Gasteiger partial charge in [-0.25, -0.2) is 0 Å². The maximum absolute atomic E-state index is 12.7. The molecule has 0 atom stereocenters. The molecule has 26 heavy (non-hydrogen) atoms. The Bertz CT molecular complexity index is 837. The van der Waals surface area contributed by atoms with Gasteiger partial charge >= 0.3 is 0 Å². The van der Waals surface area contributed by atoms with Gasteiger partial charge in [-0.2, -0.15) is 5.26 Å². The first-order valence-electron chi connectivity index (χ1n) is 7.55. The fraction of sp³-hybridized carbons (Fsp3) is 0.222. The van der Waals surface area contributed by atoms with Crippen LogP contribution in [0.5, 0.6) is 11.5 Å². The lowest BCUT2D eigenvalue weighted by Gasteiger charge is -2.24. The number of nitriles is 1. The van der Waals surface area contributed by atoms with Crippen LogP contribution in [0.3, 0.4) is 0 Å². The number of anilines is 1. The molecular weight excluding hydrogens is 399 g/mol. The first kappa shape index (κ1) is 20.2. The highest BCUT2D eigenvalue weighted by Gasteiger charge is 2.20. The van der Waals surface area contributed by atoms with E-state index in [4.69, 9.17) is 49.5 Å². The summed E-state index contributed by atoms with van der Waals surface area (Å²) in [4.78, 5) is 14.1. The van der Waals surface area contributed by atoms with Gasteiger partial charge in [0, 0.05) is 12.6 Å². The summed E-state index contributed by atoms with van der Waals surface area (Å²) in [5, 5.41) is 9.68. The van der Waals surface area contributed by atoms with E-state index in [1.54, 1.807) is 24.3 Å². The third kappa shape index (κ3) is 4.95. The van der Waals surface area contributed by atoms with Crippen molar-refractivity contribution in [3.63, 3.8) is 0 Å². The monoisotopic (exact) mass is 412 g/mol. The van der Waals surface area contributed by atoms with Crippen LogP contribution >= 0.6 is 34.8 Å². The molecule has 2 aromatic rings. The molecule has 0 aliphatic rings. The predicted octanol–water partition coefficient (Wildman–Crippen LogP) is 4.98. The Kier molecular flexibility index (Phi) is 7.40. The lowest BCUT2D eigenvalue weighted by molar-refractivity contribution is -0.120. The van der Waals surface area contributed by atoms with Crippen LogP contribution in [0.1, 0.15) is 6.42 Å². The molecule has 0 aliphatic heterocycles. The standard InChI is InChI=1S/C18H15Cl3N2O3/c1-25-16-6-3-2-5-15(16)23(8-4-7-22)18(24)11-26-17-10-13(20)12(19)9-14(17)21/h2-3,5-6,9-10H,4,8,11H2,1H3. The Labute approximate surface area is 166 Å². The third-order valence-electron chi connectivity index (χ3n) is 3.45. The van der Waals surface area contributed by atoms with Gasteiger partial charge in [0.05, 0.1) is 40.4 Å². The molecule has 0 aliphatic carbocycles. The largest absolute Gasteiger partial charge is 0.495 e. The van der Waals surface area contributed by atoms with Crippen molar-refractivity contribution >= 4 is 46.4 Å². The molecule has 0 fully saturated rings. The van der Waals surface area contributed by atoms with Crippen LogP contribution in [0.25, 0.3) is 0 Å². The number of hydrogen-bond donors (Lipinski definition) is 0. The topological polar surface area (TPSA) is 62.6 Å². The summed E-state index contributed by atoms with van der Waals surface area (Å²) in [6.07, 6.45) is 0.164. The summed E-state index contributed by atoms with van der Waals surface area (Å²) in [6.45, 7) is -0.0880. The van der Waals surface area contributed by atoms with E-state index in [0.717, 1.165) is 0 Å². The number of benzene rings is 2. The van der Waals surface area contributed by atoms with Crippen LogP contribution in [-0.4, -0.2) is 26.2 Å². The van der Waals surface area contributed by atoms with E-state index in [9.17, 15) is 4.79 Å². The minimum atomic E-state index is -0.355. The van der Waals surface area contributed by atoms with Crippen molar-refractivity contribution in [1.29, 1.82) is 5.26 Å². The number of carbonyl (C=O) groups excluding carboxylic acids is 1. The fourth-order valence-electron chi connectivity index (χ4n) is 2.23. The number of para-hydroxylation sites is 2. The molecule has 1 amide bonds. The van der Waals surface area contributed by atoms with Gasteiger partial charge in [-0.05, 0) is 18.2 Å². The molecule has 2 rings (SSSR count). The Hall–Kier alpha value is -2.13. The highest BCUT2D eigenvalue weighted by molar-refractivity contribution is 6.43. The first-order valence-corrected chi connectivity index (χ1v) is 8.69. The molecule has 0 saturated carbocycles. The maximum Gasteiger partial charge on any atom is 0.265 e. The Morgan fingerprint density at radius 3 is 2.50 bits per heavy atom. The summed E-state index contributed by atoms with van der Waals surface area (Å²) in [7, 11) is 1.51. The molecule has 0 bridgehead atoms. The number of methoxy groups -OCH3 is 1. The number of amides is 1. The van der Waals surface area contributed by atoms with E-state index in [1.165, 1.54) is 24.1 Å². The van der Waals surface area contributed by atoms with Crippen LogP contribution in [0.2, 0.25) is 15.1 Å². The average Bonchev–Trinajstić information content (AvgIpc) is 2.64. The van der Waals surface area contributed by atoms with Crippen molar-refractivity contribution in [2.45, 2.75) is 6.42 Å². The second-order valence-electron chi connectivity index (χ2n) is 5.11. The lowest BCUT2D eigenvalue weighted by Crippen LogP contribution is -2.36. The van der Waals surface area contributed by atoms with E-state index in [1.807, 2.05) is 6.07 Å². The first-order chi connectivity index (χ1) is 12.5. The van der Waals surface area contributed by atoms with Crippen molar-refractivity contribution in [1.82, 2.24) is 0 Å². The van der Waals surface area contributed by atoms with Gasteiger partial charge in [0.15, 0.2) is 6.61 Å². The number of hydrogen-bond acceptors (Lipinski definition) is 4. The summed E-state index contributed by atoms with van der Waals surface area (Å²) in [5.74, 6) is 0.410. The van der Waals surface area contributed by atoms with Crippen LogP contribution in [0.4, 0.5) is 5.69 Å². The highest BCUT2D eigenvalue weighted by Crippen LogP contribution is 2.34. The van der Waals surface area contributed by atoms with Crippen LogP contribution in [0.15, 0.2) is 36.4 Å². The lowest BCUT2D eigenvalue weighted by atomic mass is 10.2. The Morgan fingerprint density at radius 1 is 1.12 bits per heavy atom. The highest BCUT2D eigenvalue weighted by atomic mass is 35.5. The van der Waals surface area contributed by atoms with Gasteiger partial charge in [0.2, 0.25) is 0 Å². The molecule has 0 spiro atoms. The third-order valence-corrected chi connectivity index (χ3v) is 4.47. The van der Waals surface area contributed by atoms with E-state index < -0.39 is 0 Å². The van der Waals surface area contributed by atoms with Gasteiger partial charge in [0.25, 0.3) is 5.91 Å². The second-order valence-corrected chi connectivity index (χ2v) is 6.33.